The molecule has 1 aromatic rings. The van der Waals surface area contributed by atoms with Gasteiger partial charge in [0.2, 0.25) is 0 Å². The van der Waals surface area contributed by atoms with E-state index in [1.807, 2.05) is 0 Å². The smallest absolute Gasteiger partial charge is 0.338 e. The topological polar surface area (TPSA) is 78.9 Å². The van der Waals surface area contributed by atoms with Gasteiger partial charge in [-0.3, -0.25) is 4.79 Å². The van der Waals surface area contributed by atoms with E-state index in [1.165, 1.54) is 12.3 Å². The molecule has 6 heteroatoms. The van der Waals surface area contributed by atoms with Crippen LogP contribution in [-0.2, 0) is 23.8 Å². The monoisotopic (exact) mass is 312 g/mol. The lowest BCUT2D eigenvalue weighted by Gasteiger charge is -2.09. The van der Waals surface area contributed by atoms with Crippen molar-refractivity contribution in [3.63, 3.8) is 0 Å². The van der Waals surface area contributed by atoms with Crippen LogP contribution in [0.4, 0.5) is 0 Å². The average molecular weight is 312 g/mol. The highest BCUT2D eigenvalue weighted by molar-refractivity contribution is 6.11. The Bertz CT molecular complexity index is 803. The molecule has 4 rings (SSSR count). The van der Waals surface area contributed by atoms with Gasteiger partial charge < -0.3 is 14.2 Å². The first-order valence-corrected chi connectivity index (χ1v) is 7.15. The molecule has 1 fully saturated rings. The Balaban J connectivity index is 1.61. The number of carbonyl (C=O) groups excluding carboxylic acids is 3. The Labute approximate surface area is 131 Å². The van der Waals surface area contributed by atoms with Gasteiger partial charge in [-0.25, -0.2) is 9.59 Å². The standard InChI is InChI=1S/C17H12O6/c1-8-6-12(22-16(8)19)21-7-11-13-14(18)9-4-2-3-5-10(9)15(13)23-17(11)20/h2-7,12-13,15H,1H3/b11-7+/t12-,13+,15-/m1/s1. The molecule has 3 atom stereocenters. The Hall–Kier alpha value is -2.89. The van der Waals surface area contributed by atoms with Crippen LogP contribution in [0.25, 0.3) is 0 Å². The maximum Gasteiger partial charge on any atom is 0.338 e. The number of carbonyl (C=O) groups is 3. The molecule has 1 saturated heterocycles. The normalized spacial score (nSPS) is 30.0. The van der Waals surface area contributed by atoms with E-state index in [2.05, 4.69) is 0 Å². The number of ether oxygens (including phenoxy) is 3. The van der Waals surface area contributed by atoms with Crippen molar-refractivity contribution in [2.45, 2.75) is 19.3 Å². The van der Waals surface area contributed by atoms with Gasteiger partial charge >= 0.3 is 11.9 Å². The Morgan fingerprint density at radius 2 is 1.87 bits per heavy atom. The molecule has 0 bridgehead atoms. The number of ketones is 1. The maximum atomic E-state index is 12.5. The van der Waals surface area contributed by atoms with Gasteiger partial charge in [0.1, 0.15) is 6.10 Å². The first-order chi connectivity index (χ1) is 11.1. The summed E-state index contributed by atoms with van der Waals surface area (Å²) in [6, 6.07) is 7.06. The van der Waals surface area contributed by atoms with E-state index >= 15 is 0 Å². The third kappa shape index (κ3) is 1.98. The number of cyclic esters (lactones) is 1. The summed E-state index contributed by atoms with van der Waals surface area (Å²) < 4.78 is 15.6. The average Bonchev–Trinajstić information content (AvgIpc) is 3.12. The van der Waals surface area contributed by atoms with Crippen molar-refractivity contribution in [2.24, 2.45) is 5.92 Å². The molecule has 1 aliphatic carbocycles. The fourth-order valence-electron chi connectivity index (χ4n) is 3.03. The summed E-state index contributed by atoms with van der Waals surface area (Å²) >= 11 is 0. The Morgan fingerprint density at radius 3 is 2.61 bits per heavy atom. The molecule has 2 aliphatic heterocycles. The summed E-state index contributed by atoms with van der Waals surface area (Å²) in [6.45, 7) is 1.61. The third-order valence-corrected chi connectivity index (χ3v) is 4.18. The first-order valence-electron chi connectivity index (χ1n) is 7.15. The van der Waals surface area contributed by atoms with Crippen LogP contribution in [0.1, 0.15) is 28.9 Å². The van der Waals surface area contributed by atoms with Crippen LogP contribution in [0, 0.1) is 5.92 Å². The number of esters is 2. The van der Waals surface area contributed by atoms with E-state index in [-0.39, 0.29) is 11.4 Å². The largest absolute Gasteiger partial charge is 0.458 e. The fourth-order valence-corrected chi connectivity index (χ4v) is 3.03. The van der Waals surface area contributed by atoms with Gasteiger partial charge in [0.05, 0.1) is 17.8 Å². The van der Waals surface area contributed by atoms with Gasteiger partial charge in [0.15, 0.2) is 5.78 Å². The van der Waals surface area contributed by atoms with Crippen LogP contribution in [0.15, 0.2) is 47.7 Å². The van der Waals surface area contributed by atoms with E-state index in [0.717, 1.165) is 0 Å². The van der Waals surface area contributed by atoms with Crippen LogP contribution in [-0.4, -0.2) is 24.0 Å². The van der Waals surface area contributed by atoms with E-state index in [9.17, 15) is 14.4 Å². The molecule has 0 N–H and O–H groups in total. The summed E-state index contributed by atoms with van der Waals surface area (Å²) in [5.74, 6) is -1.93. The lowest BCUT2D eigenvalue weighted by molar-refractivity contribution is -0.152. The quantitative estimate of drug-likeness (QED) is 0.471. The van der Waals surface area contributed by atoms with Crippen molar-refractivity contribution < 1.29 is 28.6 Å². The zero-order chi connectivity index (χ0) is 16.1. The van der Waals surface area contributed by atoms with E-state index in [1.54, 1.807) is 31.2 Å². The second-order valence-corrected chi connectivity index (χ2v) is 5.59. The number of hydrogen-bond acceptors (Lipinski definition) is 6. The highest BCUT2D eigenvalue weighted by atomic mass is 16.7. The summed E-state index contributed by atoms with van der Waals surface area (Å²) in [7, 11) is 0. The lowest BCUT2D eigenvalue weighted by atomic mass is 9.97. The van der Waals surface area contributed by atoms with Crippen molar-refractivity contribution >= 4 is 17.7 Å². The molecule has 0 radical (unpaired) electrons. The summed E-state index contributed by atoms with van der Waals surface area (Å²) in [5.41, 5.74) is 1.85. The number of fused-ring (bicyclic) bond motifs is 3. The Kier molecular flexibility index (Phi) is 2.87. The van der Waals surface area contributed by atoms with Gasteiger partial charge in [-0.1, -0.05) is 24.3 Å². The van der Waals surface area contributed by atoms with E-state index in [0.29, 0.717) is 16.7 Å². The summed E-state index contributed by atoms with van der Waals surface area (Å²) in [5, 5.41) is 0. The molecule has 23 heavy (non-hydrogen) atoms. The molecule has 0 aromatic heterocycles. The van der Waals surface area contributed by atoms with Crippen LogP contribution in [0.5, 0.6) is 0 Å². The second kappa shape index (κ2) is 4.81. The molecule has 1 aromatic carbocycles. The SMILES string of the molecule is CC1=C[C@H](O/C=C2/C(=O)O[C@@H]3c4ccccc4C(=O)[C@H]23)OC1=O. The highest BCUT2D eigenvalue weighted by Gasteiger charge is 2.51. The van der Waals surface area contributed by atoms with Crippen LogP contribution in [0.2, 0.25) is 0 Å². The molecule has 2 heterocycles. The molecule has 116 valence electrons. The van der Waals surface area contributed by atoms with Gasteiger partial charge in [-0.05, 0) is 6.92 Å². The minimum atomic E-state index is -0.888. The first kappa shape index (κ1) is 13.8. The van der Waals surface area contributed by atoms with Crippen LogP contribution < -0.4 is 0 Å². The molecular formula is C17H12O6. The second-order valence-electron chi connectivity index (χ2n) is 5.59. The van der Waals surface area contributed by atoms with Gasteiger partial charge in [0, 0.05) is 22.8 Å². The number of benzene rings is 1. The molecular weight excluding hydrogens is 300 g/mol. The van der Waals surface area contributed by atoms with Crippen molar-refractivity contribution in [3.8, 4) is 0 Å². The molecule has 6 nitrogen and oxygen atoms in total. The highest BCUT2D eigenvalue weighted by Crippen LogP contribution is 2.47. The fraction of sp³-hybridized carbons (Fsp3) is 0.235. The lowest BCUT2D eigenvalue weighted by Crippen LogP contribution is -2.14. The molecule has 0 spiro atoms. The summed E-state index contributed by atoms with van der Waals surface area (Å²) in [4.78, 5) is 35.8. The molecule has 0 saturated carbocycles. The third-order valence-electron chi connectivity index (χ3n) is 4.18. The van der Waals surface area contributed by atoms with E-state index < -0.39 is 30.3 Å². The molecule has 0 amide bonds. The zero-order valence-electron chi connectivity index (χ0n) is 12.1. The minimum absolute atomic E-state index is 0.144. The van der Waals surface area contributed by atoms with Crippen molar-refractivity contribution in [2.75, 3.05) is 0 Å². The molecule has 3 aliphatic rings. The van der Waals surface area contributed by atoms with Gasteiger partial charge in [-0.2, -0.15) is 0 Å². The number of rotatable bonds is 2. The molecule has 0 unspecified atom stereocenters. The van der Waals surface area contributed by atoms with Gasteiger partial charge in [0.25, 0.3) is 6.29 Å². The predicted octanol–water partition coefficient (Wildman–Crippen LogP) is 1.83. The number of Topliss-reactive ketones (excluding diaryl/α,β-unsaturated/α-hetero) is 1. The van der Waals surface area contributed by atoms with Crippen LogP contribution in [0.3, 0.4) is 0 Å². The van der Waals surface area contributed by atoms with Crippen molar-refractivity contribution in [1.29, 1.82) is 0 Å². The minimum Gasteiger partial charge on any atom is -0.458 e. The predicted molar refractivity (Wildman–Crippen MR) is 75.9 cm³/mol. The maximum absolute atomic E-state index is 12.5. The van der Waals surface area contributed by atoms with Crippen molar-refractivity contribution in [3.05, 3.63) is 58.9 Å². The van der Waals surface area contributed by atoms with E-state index in [4.69, 9.17) is 14.2 Å². The van der Waals surface area contributed by atoms with Gasteiger partial charge in [-0.15, -0.1) is 0 Å². The number of hydrogen-bond donors (Lipinski definition) is 0. The summed E-state index contributed by atoms with van der Waals surface area (Å²) in [6.07, 6.45) is 1.18. The van der Waals surface area contributed by atoms with Crippen molar-refractivity contribution in [1.82, 2.24) is 0 Å². The van der Waals surface area contributed by atoms with Crippen LogP contribution >= 0.6 is 0 Å². The zero-order valence-corrected chi connectivity index (χ0v) is 12.1. The Morgan fingerprint density at radius 1 is 1.09 bits per heavy atom.